The molecule has 6 nitrogen and oxygen atoms in total. The van der Waals surface area contributed by atoms with E-state index in [1.165, 1.54) is 0 Å². The van der Waals surface area contributed by atoms with E-state index in [0.29, 0.717) is 28.7 Å². The Kier molecular flexibility index (Phi) is 6.82. The first-order valence-corrected chi connectivity index (χ1v) is 12.0. The molecule has 188 valence electrons. The Bertz CT molecular complexity index is 1520. The van der Waals surface area contributed by atoms with Crippen LogP contribution >= 0.6 is 0 Å². The molecule has 5 rings (SSSR count). The second-order valence-corrected chi connectivity index (χ2v) is 9.16. The maximum atomic E-state index is 10.4. The van der Waals surface area contributed by atoms with E-state index < -0.39 is 0 Å². The third kappa shape index (κ3) is 4.30. The second kappa shape index (κ2) is 10.2. The first-order chi connectivity index (χ1) is 18.0. The lowest BCUT2D eigenvalue weighted by molar-refractivity contribution is 0.263. The average molecular weight is 497 g/mol. The van der Waals surface area contributed by atoms with Crippen molar-refractivity contribution in [1.82, 2.24) is 0 Å². The van der Waals surface area contributed by atoms with E-state index >= 15 is 0 Å². The van der Waals surface area contributed by atoms with Gasteiger partial charge < -0.3 is 30.6 Å². The van der Waals surface area contributed by atoms with Gasteiger partial charge in [0.25, 0.3) is 0 Å². The van der Waals surface area contributed by atoms with Crippen LogP contribution in [0.1, 0.15) is 33.4 Å². The van der Waals surface area contributed by atoms with E-state index in [2.05, 4.69) is 0 Å². The number of rotatable bonds is 7. The van der Waals surface area contributed by atoms with Crippen LogP contribution in [-0.2, 0) is 32.8 Å². The van der Waals surface area contributed by atoms with Gasteiger partial charge in [0, 0.05) is 22.3 Å². The van der Waals surface area contributed by atoms with Crippen LogP contribution in [0.15, 0.2) is 72.8 Å². The molecule has 0 radical (unpaired) electrons. The number of fused-ring (bicyclic) bond motifs is 2. The lowest BCUT2D eigenvalue weighted by Gasteiger charge is -2.19. The number of hydrogen-bond donors (Lipinski definition) is 6. The normalized spacial score (nSPS) is 11.5. The molecule has 0 atom stereocenters. The van der Waals surface area contributed by atoms with Gasteiger partial charge in [0.15, 0.2) is 0 Å². The number of aromatic hydroxyl groups is 2. The monoisotopic (exact) mass is 496 g/mol. The molecule has 0 amide bonds. The van der Waals surface area contributed by atoms with Gasteiger partial charge in [-0.15, -0.1) is 0 Å². The molecular weight excluding hydrogens is 468 g/mol. The van der Waals surface area contributed by atoms with E-state index in [4.69, 9.17) is 0 Å². The topological polar surface area (TPSA) is 121 Å². The fraction of sp³-hybridized carbons (Fsp3) is 0.161. The maximum absolute atomic E-state index is 10.4. The summed E-state index contributed by atoms with van der Waals surface area (Å²) in [5.74, 6) is -0.198. The fourth-order valence-electron chi connectivity index (χ4n) is 5.25. The van der Waals surface area contributed by atoms with Crippen LogP contribution in [-0.4, -0.2) is 30.6 Å². The van der Waals surface area contributed by atoms with Gasteiger partial charge in [0.1, 0.15) is 11.5 Å². The molecule has 0 aliphatic heterocycles. The minimum atomic E-state index is -0.359. The predicted octanol–water partition coefficient (Wildman–Crippen LogP) is 4.63. The van der Waals surface area contributed by atoms with Crippen molar-refractivity contribution in [1.29, 1.82) is 0 Å². The van der Waals surface area contributed by atoms with E-state index in [-0.39, 0.29) is 37.9 Å². The zero-order valence-corrected chi connectivity index (χ0v) is 20.1. The van der Waals surface area contributed by atoms with E-state index in [1.54, 1.807) is 24.3 Å². The highest BCUT2D eigenvalue weighted by molar-refractivity contribution is 6.15. The Hall–Kier alpha value is -3.94. The first kappa shape index (κ1) is 24.7. The molecule has 0 aromatic heterocycles. The summed E-state index contributed by atoms with van der Waals surface area (Å²) >= 11 is 0. The second-order valence-electron chi connectivity index (χ2n) is 9.16. The van der Waals surface area contributed by atoms with Crippen LogP contribution in [0.3, 0.4) is 0 Å². The lowest BCUT2D eigenvalue weighted by Crippen LogP contribution is -2.00. The third-order valence-electron chi connectivity index (χ3n) is 6.99. The summed E-state index contributed by atoms with van der Waals surface area (Å²) in [6.07, 6.45) is 0.501. The van der Waals surface area contributed by atoms with Gasteiger partial charge >= 0.3 is 0 Å². The number of benzene rings is 5. The molecule has 0 aliphatic carbocycles. The van der Waals surface area contributed by atoms with Gasteiger partial charge in [0.05, 0.1) is 26.4 Å². The fourth-order valence-corrected chi connectivity index (χ4v) is 5.25. The van der Waals surface area contributed by atoms with Crippen LogP contribution in [0.2, 0.25) is 0 Å². The predicted molar refractivity (Wildman–Crippen MR) is 143 cm³/mol. The van der Waals surface area contributed by atoms with Gasteiger partial charge in [-0.05, 0) is 74.5 Å². The van der Waals surface area contributed by atoms with Crippen molar-refractivity contribution < 1.29 is 30.6 Å². The standard InChI is InChI=1S/C31H28O6/c32-14-20-9-18(10-21(15-33)30(20)36)11-28-24-5-1-3-7-26(24)29(27-8-4-2-6-25(27)28)19-12-22(16-34)31(37)23(13-19)17-35/h1-10,12-13,32-37H,11,14-17H2. The summed E-state index contributed by atoms with van der Waals surface area (Å²) in [6, 6.07) is 23.0. The highest BCUT2D eigenvalue weighted by Gasteiger charge is 2.19. The van der Waals surface area contributed by atoms with Crippen molar-refractivity contribution in [3.8, 4) is 22.6 Å². The van der Waals surface area contributed by atoms with Crippen molar-refractivity contribution in [3.63, 3.8) is 0 Å². The van der Waals surface area contributed by atoms with Crippen LogP contribution in [0.5, 0.6) is 11.5 Å². The van der Waals surface area contributed by atoms with Crippen molar-refractivity contribution in [2.75, 3.05) is 0 Å². The molecule has 0 spiro atoms. The first-order valence-electron chi connectivity index (χ1n) is 12.0. The molecule has 5 aromatic rings. The SMILES string of the molecule is OCc1cc(Cc2c3ccccc3c(-c3cc(CO)c(O)c(CO)c3)c3ccccc23)cc(CO)c1O. The van der Waals surface area contributed by atoms with E-state index in [9.17, 15) is 30.6 Å². The quantitative estimate of drug-likeness (QED) is 0.183. The summed E-state index contributed by atoms with van der Waals surface area (Å²) in [4.78, 5) is 0. The number of aliphatic hydroxyl groups excluding tert-OH is 4. The largest absolute Gasteiger partial charge is 0.507 e. The number of hydrogen-bond acceptors (Lipinski definition) is 6. The Labute approximate surface area is 213 Å². The van der Waals surface area contributed by atoms with Gasteiger partial charge in [-0.2, -0.15) is 0 Å². The molecule has 6 N–H and O–H groups in total. The molecule has 0 bridgehead atoms. The third-order valence-corrected chi connectivity index (χ3v) is 6.99. The number of phenols is 2. The van der Waals surface area contributed by atoms with Crippen LogP contribution < -0.4 is 0 Å². The molecule has 0 fully saturated rings. The highest BCUT2D eigenvalue weighted by Crippen LogP contribution is 2.42. The van der Waals surface area contributed by atoms with E-state index in [0.717, 1.165) is 43.8 Å². The Morgan fingerprint density at radius 1 is 0.486 bits per heavy atom. The molecule has 0 saturated carbocycles. The highest BCUT2D eigenvalue weighted by atomic mass is 16.3. The van der Waals surface area contributed by atoms with Crippen molar-refractivity contribution in [2.45, 2.75) is 32.8 Å². The Morgan fingerprint density at radius 3 is 1.27 bits per heavy atom. The van der Waals surface area contributed by atoms with Crippen LogP contribution in [0.4, 0.5) is 0 Å². The molecule has 0 aliphatic rings. The van der Waals surface area contributed by atoms with Crippen molar-refractivity contribution in [2.24, 2.45) is 0 Å². The van der Waals surface area contributed by atoms with E-state index in [1.807, 2.05) is 48.5 Å². The van der Waals surface area contributed by atoms with Gasteiger partial charge in [-0.25, -0.2) is 0 Å². The molecule has 0 saturated heterocycles. The van der Waals surface area contributed by atoms with Crippen molar-refractivity contribution >= 4 is 21.5 Å². The zero-order valence-electron chi connectivity index (χ0n) is 20.1. The summed E-state index contributed by atoms with van der Waals surface area (Å²) in [5.41, 5.74) is 5.03. The minimum absolute atomic E-state index is 0.0921. The van der Waals surface area contributed by atoms with Crippen LogP contribution in [0.25, 0.3) is 32.7 Å². The van der Waals surface area contributed by atoms with Gasteiger partial charge in [-0.3, -0.25) is 0 Å². The molecule has 6 heteroatoms. The molecular formula is C31H28O6. The van der Waals surface area contributed by atoms with Crippen molar-refractivity contribution in [3.05, 3.63) is 106 Å². The summed E-state index contributed by atoms with van der Waals surface area (Å²) in [6.45, 7) is -1.40. The minimum Gasteiger partial charge on any atom is -0.507 e. The maximum Gasteiger partial charge on any atom is 0.126 e. The molecule has 37 heavy (non-hydrogen) atoms. The lowest BCUT2D eigenvalue weighted by atomic mass is 9.85. The molecule has 0 unspecified atom stereocenters. The molecule has 5 aromatic carbocycles. The summed E-state index contributed by atoms with van der Waals surface area (Å²) < 4.78 is 0. The smallest absolute Gasteiger partial charge is 0.126 e. The summed E-state index contributed by atoms with van der Waals surface area (Å²) in [5, 5.41) is 63.9. The summed E-state index contributed by atoms with van der Waals surface area (Å²) in [7, 11) is 0. The Morgan fingerprint density at radius 2 is 0.865 bits per heavy atom. The number of aliphatic hydroxyl groups is 4. The average Bonchev–Trinajstić information content (AvgIpc) is 2.94. The zero-order chi connectivity index (χ0) is 26.1. The van der Waals surface area contributed by atoms with Gasteiger partial charge in [0.2, 0.25) is 0 Å². The van der Waals surface area contributed by atoms with Crippen LogP contribution in [0, 0.1) is 0 Å². The van der Waals surface area contributed by atoms with Gasteiger partial charge in [-0.1, -0.05) is 48.5 Å². The molecule has 0 heterocycles. The Balaban J connectivity index is 1.81.